The first-order chi connectivity index (χ1) is 11.4. The summed E-state index contributed by atoms with van der Waals surface area (Å²) >= 11 is 0. The molecule has 24 heavy (non-hydrogen) atoms. The Kier molecular flexibility index (Phi) is 10.2. The zero-order chi connectivity index (χ0) is 17.9. The highest BCUT2D eigenvalue weighted by Gasteiger charge is 2.36. The van der Waals surface area contributed by atoms with Gasteiger partial charge in [0.05, 0.1) is 24.4 Å². The third kappa shape index (κ3) is 8.24. The van der Waals surface area contributed by atoms with Crippen molar-refractivity contribution in [2.45, 2.75) is 95.2 Å². The van der Waals surface area contributed by atoms with E-state index in [0.29, 0.717) is 25.7 Å². The summed E-state index contributed by atoms with van der Waals surface area (Å²) in [7, 11) is 0. The van der Waals surface area contributed by atoms with Gasteiger partial charge in [-0.2, -0.15) is 0 Å². The highest BCUT2D eigenvalue weighted by Crippen LogP contribution is 2.26. The molecular formula is C18H32O6. The molecule has 6 nitrogen and oxygen atoms in total. The molecular weight excluding hydrogens is 312 g/mol. The van der Waals surface area contributed by atoms with Crippen molar-refractivity contribution < 1.29 is 30.0 Å². The van der Waals surface area contributed by atoms with Crippen molar-refractivity contribution in [1.82, 2.24) is 0 Å². The number of unbranched alkanes of at least 4 members (excludes halogenated alkanes) is 4. The summed E-state index contributed by atoms with van der Waals surface area (Å²) in [4.78, 5) is 10.4. The lowest BCUT2D eigenvalue weighted by Gasteiger charge is -2.18. The van der Waals surface area contributed by atoms with Crippen molar-refractivity contribution in [2.24, 2.45) is 0 Å². The first-order valence-corrected chi connectivity index (χ1v) is 9.03. The van der Waals surface area contributed by atoms with Crippen LogP contribution in [0.4, 0.5) is 0 Å². The Morgan fingerprint density at radius 3 is 2.54 bits per heavy atom. The zero-order valence-electron chi connectivity index (χ0n) is 14.5. The molecule has 1 aliphatic rings. The molecule has 4 N–H and O–H groups in total. The topological polar surface area (TPSA) is 107 Å². The van der Waals surface area contributed by atoms with Gasteiger partial charge in [0.2, 0.25) is 0 Å². The molecule has 0 saturated carbocycles. The van der Waals surface area contributed by atoms with Gasteiger partial charge in [0.25, 0.3) is 0 Å². The quantitative estimate of drug-likeness (QED) is 0.319. The van der Waals surface area contributed by atoms with Crippen molar-refractivity contribution in [1.29, 1.82) is 0 Å². The molecule has 1 saturated heterocycles. The smallest absolute Gasteiger partial charge is 0.303 e. The van der Waals surface area contributed by atoms with Crippen LogP contribution in [0, 0.1) is 0 Å². The first kappa shape index (κ1) is 21.1. The van der Waals surface area contributed by atoms with E-state index in [1.807, 2.05) is 6.92 Å². The van der Waals surface area contributed by atoms with Gasteiger partial charge in [0.15, 0.2) is 0 Å². The van der Waals surface area contributed by atoms with Crippen LogP contribution in [-0.2, 0) is 9.53 Å². The summed E-state index contributed by atoms with van der Waals surface area (Å²) in [5.74, 6) is -0.752. The number of hydrogen-bond donors (Lipinski definition) is 4. The number of rotatable bonds is 12. The van der Waals surface area contributed by atoms with Crippen LogP contribution in [0.2, 0.25) is 0 Å². The normalized spacial score (nSPS) is 26.8. The number of carboxylic acids is 1. The fraction of sp³-hybridized carbons (Fsp3) is 0.833. The molecule has 0 radical (unpaired) electrons. The average Bonchev–Trinajstić information content (AvgIpc) is 2.92. The van der Waals surface area contributed by atoms with Crippen molar-refractivity contribution >= 4 is 5.97 Å². The minimum Gasteiger partial charge on any atom is -0.481 e. The second-order valence-electron chi connectivity index (χ2n) is 6.57. The van der Waals surface area contributed by atoms with E-state index in [4.69, 9.17) is 9.84 Å². The molecule has 0 unspecified atom stereocenters. The van der Waals surface area contributed by atoms with Crippen LogP contribution in [0.5, 0.6) is 0 Å². The second kappa shape index (κ2) is 11.6. The fourth-order valence-corrected chi connectivity index (χ4v) is 2.86. The number of carbonyl (C=O) groups is 1. The third-order valence-corrected chi connectivity index (χ3v) is 4.45. The highest BCUT2D eigenvalue weighted by atomic mass is 16.5. The SMILES string of the molecule is CC[C@@H](O)/C=C/[C@@H]1O[C@@H]([C@H](O)CCCCCCCC(=O)O)C[C@@H]1O. The molecule has 140 valence electrons. The third-order valence-electron chi connectivity index (χ3n) is 4.45. The van der Waals surface area contributed by atoms with Crippen molar-refractivity contribution in [3.63, 3.8) is 0 Å². The average molecular weight is 344 g/mol. The molecule has 0 aliphatic carbocycles. The van der Waals surface area contributed by atoms with Gasteiger partial charge in [0, 0.05) is 12.8 Å². The van der Waals surface area contributed by atoms with E-state index in [9.17, 15) is 20.1 Å². The Hall–Kier alpha value is -0.950. The van der Waals surface area contributed by atoms with Crippen molar-refractivity contribution in [2.75, 3.05) is 0 Å². The largest absolute Gasteiger partial charge is 0.481 e. The molecule has 0 bridgehead atoms. The number of aliphatic hydroxyl groups is 3. The molecule has 1 fully saturated rings. The molecule has 0 spiro atoms. The minimum absolute atomic E-state index is 0.220. The molecule has 0 aromatic carbocycles. The van der Waals surface area contributed by atoms with E-state index in [2.05, 4.69) is 0 Å². The van der Waals surface area contributed by atoms with Gasteiger partial charge in [0.1, 0.15) is 6.10 Å². The van der Waals surface area contributed by atoms with Gasteiger partial charge in [-0.3, -0.25) is 4.79 Å². The number of hydrogen-bond acceptors (Lipinski definition) is 5. The van der Waals surface area contributed by atoms with Gasteiger partial charge < -0.3 is 25.2 Å². The van der Waals surface area contributed by atoms with Crippen LogP contribution in [0.15, 0.2) is 12.2 Å². The number of ether oxygens (including phenoxy) is 1. The Bertz CT molecular complexity index is 384. The standard InChI is InChI=1S/C18H32O6/c1-2-13(19)10-11-16-15(21)12-17(24-16)14(20)8-6-4-3-5-7-9-18(22)23/h10-11,13-17,19-21H,2-9,12H2,1H3,(H,22,23)/b11-10+/t13-,14-,15+,16+,17-/m1/s1. The fourth-order valence-electron chi connectivity index (χ4n) is 2.86. The Labute approximate surface area is 144 Å². The minimum atomic E-state index is -0.752. The predicted molar refractivity (Wildman–Crippen MR) is 90.7 cm³/mol. The van der Waals surface area contributed by atoms with E-state index in [0.717, 1.165) is 25.7 Å². The maximum atomic E-state index is 10.4. The predicted octanol–water partition coefficient (Wildman–Crippen LogP) is 2.01. The van der Waals surface area contributed by atoms with E-state index in [1.54, 1.807) is 12.2 Å². The molecule has 0 aromatic heterocycles. The van der Waals surface area contributed by atoms with Crippen LogP contribution in [0.25, 0.3) is 0 Å². The number of aliphatic hydroxyl groups excluding tert-OH is 3. The van der Waals surface area contributed by atoms with E-state index >= 15 is 0 Å². The molecule has 1 aliphatic heterocycles. The van der Waals surface area contributed by atoms with Crippen LogP contribution < -0.4 is 0 Å². The highest BCUT2D eigenvalue weighted by molar-refractivity contribution is 5.66. The lowest BCUT2D eigenvalue weighted by atomic mass is 10.0. The monoisotopic (exact) mass is 344 g/mol. The van der Waals surface area contributed by atoms with Crippen LogP contribution in [0.1, 0.15) is 64.7 Å². The summed E-state index contributed by atoms with van der Waals surface area (Å²) < 4.78 is 5.69. The van der Waals surface area contributed by atoms with Crippen molar-refractivity contribution in [3.05, 3.63) is 12.2 Å². The van der Waals surface area contributed by atoms with Gasteiger partial charge in [-0.1, -0.05) is 44.8 Å². The maximum absolute atomic E-state index is 10.4. The molecule has 1 rings (SSSR count). The Balaban J connectivity index is 2.18. The molecule has 0 aromatic rings. The first-order valence-electron chi connectivity index (χ1n) is 9.03. The maximum Gasteiger partial charge on any atom is 0.303 e. The summed E-state index contributed by atoms with van der Waals surface area (Å²) in [5.41, 5.74) is 0. The molecule has 5 atom stereocenters. The second-order valence-corrected chi connectivity index (χ2v) is 6.57. The number of carboxylic acid groups (broad SMARTS) is 1. The van der Waals surface area contributed by atoms with Gasteiger partial charge in [-0.15, -0.1) is 0 Å². The van der Waals surface area contributed by atoms with E-state index in [1.165, 1.54) is 0 Å². The van der Waals surface area contributed by atoms with Crippen LogP contribution >= 0.6 is 0 Å². The van der Waals surface area contributed by atoms with Gasteiger partial charge in [-0.25, -0.2) is 0 Å². The van der Waals surface area contributed by atoms with Gasteiger partial charge in [-0.05, 0) is 19.3 Å². The van der Waals surface area contributed by atoms with Crippen molar-refractivity contribution in [3.8, 4) is 0 Å². The molecule has 0 amide bonds. The Morgan fingerprint density at radius 2 is 1.88 bits per heavy atom. The summed E-state index contributed by atoms with van der Waals surface area (Å²) in [6, 6.07) is 0. The van der Waals surface area contributed by atoms with Crippen LogP contribution in [0.3, 0.4) is 0 Å². The number of aliphatic carboxylic acids is 1. The summed E-state index contributed by atoms with van der Waals surface area (Å²) in [6.45, 7) is 1.87. The van der Waals surface area contributed by atoms with E-state index in [-0.39, 0.29) is 12.5 Å². The van der Waals surface area contributed by atoms with Gasteiger partial charge >= 0.3 is 5.97 Å². The van der Waals surface area contributed by atoms with Crippen LogP contribution in [-0.4, -0.2) is 56.9 Å². The molecule has 1 heterocycles. The molecule has 6 heteroatoms. The summed E-state index contributed by atoms with van der Waals surface area (Å²) in [5, 5.41) is 38.2. The van der Waals surface area contributed by atoms with E-state index < -0.39 is 30.4 Å². The zero-order valence-corrected chi connectivity index (χ0v) is 14.5. The summed E-state index contributed by atoms with van der Waals surface area (Å²) in [6.07, 6.45) is 6.89. The lowest BCUT2D eigenvalue weighted by molar-refractivity contribution is -0.137. The lowest BCUT2D eigenvalue weighted by Crippen LogP contribution is -2.26. The Morgan fingerprint density at radius 1 is 1.21 bits per heavy atom.